The van der Waals surface area contributed by atoms with Crippen LogP contribution in [-0.2, 0) is 11.3 Å². The van der Waals surface area contributed by atoms with Crippen molar-refractivity contribution in [3.05, 3.63) is 75.8 Å². The summed E-state index contributed by atoms with van der Waals surface area (Å²) in [5.74, 6) is 0.185. The number of amides is 1. The molecule has 1 aromatic heterocycles. The molecule has 1 aliphatic rings. The molecule has 0 aliphatic carbocycles. The van der Waals surface area contributed by atoms with Crippen LogP contribution < -0.4 is 5.56 Å². The number of hydrogen-bond acceptors (Lipinski definition) is 5. The van der Waals surface area contributed by atoms with Gasteiger partial charge in [-0.05, 0) is 43.2 Å². The topological polar surface area (TPSA) is 99.1 Å². The predicted molar refractivity (Wildman–Crippen MR) is 107 cm³/mol. The normalized spacial score (nSPS) is 15.9. The molecule has 2 heterocycles. The maximum absolute atomic E-state index is 13.2. The summed E-state index contributed by atoms with van der Waals surface area (Å²) in [4.78, 5) is 34.5. The van der Waals surface area contributed by atoms with Gasteiger partial charge in [0.05, 0.1) is 35.2 Å². The number of aromatic nitrogens is 2. The molecule has 3 aromatic rings. The zero-order valence-electron chi connectivity index (χ0n) is 15.8. The molecule has 146 valence electrons. The SMILES string of the molecule is N#Cc1cccc(C(=O)N(Cc2nc3ccccc3c(=O)[nH]2)C[C@H]2CCCO2)c1. The van der Waals surface area contributed by atoms with Gasteiger partial charge in [0, 0.05) is 18.7 Å². The highest BCUT2D eigenvalue weighted by molar-refractivity contribution is 5.94. The Morgan fingerprint density at radius 2 is 2.14 bits per heavy atom. The van der Waals surface area contributed by atoms with Crippen molar-refractivity contribution in [1.82, 2.24) is 14.9 Å². The molecule has 7 nitrogen and oxygen atoms in total. The van der Waals surface area contributed by atoms with Crippen LogP contribution in [0.15, 0.2) is 53.3 Å². The smallest absolute Gasteiger partial charge is 0.258 e. The maximum Gasteiger partial charge on any atom is 0.258 e. The van der Waals surface area contributed by atoms with Crippen molar-refractivity contribution < 1.29 is 9.53 Å². The van der Waals surface area contributed by atoms with Gasteiger partial charge in [0.25, 0.3) is 11.5 Å². The Morgan fingerprint density at radius 1 is 1.28 bits per heavy atom. The van der Waals surface area contributed by atoms with Gasteiger partial charge in [-0.1, -0.05) is 18.2 Å². The van der Waals surface area contributed by atoms with Gasteiger partial charge < -0.3 is 14.6 Å². The molecule has 2 aromatic carbocycles. The van der Waals surface area contributed by atoms with E-state index in [1.807, 2.05) is 6.07 Å². The lowest BCUT2D eigenvalue weighted by atomic mass is 10.1. The molecule has 29 heavy (non-hydrogen) atoms. The van der Waals surface area contributed by atoms with Crippen molar-refractivity contribution in [2.75, 3.05) is 13.2 Å². The van der Waals surface area contributed by atoms with Crippen LogP contribution in [0.5, 0.6) is 0 Å². The quantitative estimate of drug-likeness (QED) is 0.724. The van der Waals surface area contributed by atoms with Crippen LogP contribution in [-0.4, -0.2) is 40.0 Å². The van der Waals surface area contributed by atoms with Gasteiger partial charge in [-0.2, -0.15) is 5.26 Å². The fraction of sp³-hybridized carbons (Fsp3) is 0.273. The molecule has 0 spiro atoms. The number of nitriles is 1. The van der Waals surface area contributed by atoms with Gasteiger partial charge in [-0.25, -0.2) is 4.98 Å². The fourth-order valence-electron chi connectivity index (χ4n) is 3.55. The van der Waals surface area contributed by atoms with Gasteiger partial charge >= 0.3 is 0 Å². The first-order valence-corrected chi connectivity index (χ1v) is 9.53. The minimum absolute atomic E-state index is 0.0507. The van der Waals surface area contributed by atoms with E-state index in [9.17, 15) is 9.59 Å². The molecular weight excluding hydrogens is 368 g/mol. The van der Waals surface area contributed by atoms with Crippen molar-refractivity contribution in [2.45, 2.75) is 25.5 Å². The lowest BCUT2D eigenvalue weighted by Crippen LogP contribution is -2.38. The molecule has 0 saturated carbocycles. The van der Waals surface area contributed by atoms with Crippen LogP contribution in [0.3, 0.4) is 0 Å². The molecule has 1 saturated heterocycles. The highest BCUT2D eigenvalue weighted by Gasteiger charge is 2.24. The van der Waals surface area contributed by atoms with Crippen molar-refractivity contribution in [3.63, 3.8) is 0 Å². The number of aromatic amines is 1. The molecule has 4 rings (SSSR count). The van der Waals surface area contributed by atoms with Gasteiger partial charge in [-0.3, -0.25) is 9.59 Å². The van der Waals surface area contributed by atoms with Gasteiger partial charge in [0.1, 0.15) is 5.82 Å². The second kappa shape index (κ2) is 8.25. The standard InChI is InChI=1S/C22H20N4O3/c23-12-15-5-3-6-16(11-15)22(28)26(13-17-7-4-10-29-17)14-20-24-19-9-2-1-8-18(19)21(27)25-20/h1-3,5-6,8-9,11,17H,4,7,10,13-14H2,(H,24,25,27)/t17-/m1/s1. The summed E-state index contributed by atoms with van der Waals surface area (Å²) < 4.78 is 5.71. The number of H-pyrrole nitrogens is 1. The number of carbonyl (C=O) groups excluding carboxylic acids is 1. The first kappa shape index (κ1) is 18.8. The first-order chi connectivity index (χ1) is 14.1. The highest BCUT2D eigenvalue weighted by Crippen LogP contribution is 2.17. The molecule has 1 amide bonds. The summed E-state index contributed by atoms with van der Waals surface area (Å²) in [6.07, 6.45) is 1.79. The van der Waals surface area contributed by atoms with Gasteiger partial charge in [0.15, 0.2) is 0 Å². The van der Waals surface area contributed by atoms with Crippen LogP contribution in [0.1, 0.15) is 34.6 Å². The van der Waals surface area contributed by atoms with Crippen LogP contribution in [0.25, 0.3) is 10.9 Å². The lowest BCUT2D eigenvalue weighted by Gasteiger charge is -2.25. The van der Waals surface area contributed by atoms with Crippen LogP contribution in [0, 0.1) is 11.3 Å². The monoisotopic (exact) mass is 388 g/mol. The van der Waals surface area contributed by atoms with E-state index < -0.39 is 0 Å². The Morgan fingerprint density at radius 3 is 2.93 bits per heavy atom. The summed E-state index contributed by atoms with van der Waals surface area (Å²) in [5, 5.41) is 9.64. The van der Waals surface area contributed by atoms with E-state index in [1.54, 1.807) is 47.4 Å². The number of para-hydroxylation sites is 1. The minimum atomic E-state index is -0.235. The molecular formula is C22H20N4O3. The number of rotatable bonds is 5. The second-order valence-electron chi connectivity index (χ2n) is 7.04. The average molecular weight is 388 g/mol. The number of benzene rings is 2. The van der Waals surface area contributed by atoms with E-state index in [0.29, 0.717) is 41.0 Å². The summed E-state index contributed by atoms with van der Waals surface area (Å²) >= 11 is 0. The first-order valence-electron chi connectivity index (χ1n) is 9.53. The highest BCUT2D eigenvalue weighted by atomic mass is 16.5. The lowest BCUT2D eigenvalue weighted by molar-refractivity contribution is 0.0501. The van der Waals surface area contributed by atoms with E-state index in [0.717, 1.165) is 12.8 Å². The van der Waals surface area contributed by atoms with E-state index in [1.165, 1.54) is 0 Å². The molecule has 7 heteroatoms. The van der Waals surface area contributed by atoms with E-state index in [2.05, 4.69) is 16.0 Å². The third-order valence-electron chi connectivity index (χ3n) is 4.98. The number of nitrogens with zero attached hydrogens (tertiary/aromatic N) is 3. The predicted octanol–water partition coefficient (Wildman–Crippen LogP) is 2.62. The number of nitrogens with one attached hydrogen (secondary N) is 1. The van der Waals surface area contributed by atoms with Crippen molar-refractivity contribution in [3.8, 4) is 6.07 Å². The largest absolute Gasteiger partial charge is 0.376 e. The van der Waals surface area contributed by atoms with Crippen molar-refractivity contribution >= 4 is 16.8 Å². The van der Waals surface area contributed by atoms with E-state index in [4.69, 9.17) is 10.00 Å². The number of ether oxygens (including phenoxy) is 1. The number of hydrogen-bond donors (Lipinski definition) is 1. The zero-order valence-corrected chi connectivity index (χ0v) is 15.8. The van der Waals surface area contributed by atoms with Gasteiger partial charge in [-0.15, -0.1) is 0 Å². The van der Waals surface area contributed by atoms with Crippen molar-refractivity contribution in [2.24, 2.45) is 0 Å². The Hall–Kier alpha value is -3.50. The molecule has 0 bridgehead atoms. The Balaban J connectivity index is 1.66. The molecule has 1 aliphatic heterocycles. The minimum Gasteiger partial charge on any atom is -0.376 e. The molecule has 1 N–H and O–H groups in total. The molecule has 1 fully saturated rings. The summed E-state index contributed by atoms with van der Waals surface area (Å²) in [7, 11) is 0. The Kier molecular flexibility index (Phi) is 5.36. The third kappa shape index (κ3) is 4.18. The summed E-state index contributed by atoms with van der Waals surface area (Å²) in [6.45, 7) is 1.23. The Bertz CT molecular complexity index is 1140. The van der Waals surface area contributed by atoms with Crippen LogP contribution in [0.2, 0.25) is 0 Å². The average Bonchev–Trinajstić information content (AvgIpc) is 3.26. The molecule has 1 atom stereocenters. The summed E-state index contributed by atoms with van der Waals surface area (Å²) in [5.41, 5.74) is 1.19. The second-order valence-corrected chi connectivity index (χ2v) is 7.04. The van der Waals surface area contributed by atoms with Crippen molar-refractivity contribution in [1.29, 1.82) is 5.26 Å². The Labute approximate surface area is 167 Å². The molecule has 0 radical (unpaired) electrons. The van der Waals surface area contributed by atoms with Crippen LogP contribution in [0.4, 0.5) is 0 Å². The van der Waals surface area contributed by atoms with E-state index in [-0.39, 0.29) is 24.1 Å². The number of fused-ring (bicyclic) bond motifs is 1. The fourth-order valence-corrected chi connectivity index (χ4v) is 3.55. The van der Waals surface area contributed by atoms with Crippen LogP contribution >= 0.6 is 0 Å². The van der Waals surface area contributed by atoms with E-state index >= 15 is 0 Å². The van der Waals surface area contributed by atoms with Gasteiger partial charge in [0.2, 0.25) is 0 Å². The number of carbonyl (C=O) groups is 1. The third-order valence-corrected chi connectivity index (χ3v) is 4.98. The maximum atomic E-state index is 13.2. The summed E-state index contributed by atoms with van der Waals surface area (Å²) in [6, 6.07) is 15.8. The molecule has 0 unspecified atom stereocenters. The zero-order chi connectivity index (χ0) is 20.2.